The Morgan fingerprint density at radius 3 is 2.88 bits per heavy atom. The number of amides is 1. The van der Waals surface area contributed by atoms with E-state index >= 15 is 0 Å². The number of hydrogen-bond acceptors (Lipinski definition) is 6. The fraction of sp³-hybridized carbons (Fsp3) is 0.250. The van der Waals surface area contributed by atoms with E-state index in [0.717, 1.165) is 19.0 Å². The number of carbonyl (C=O) groups is 1. The molecule has 0 saturated carbocycles. The lowest BCUT2D eigenvalue weighted by Crippen LogP contribution is -2.28. The monoisotopic (exact) mass is 464 g/mol. The summed E-state index contributed by atoms with van der Waals surface area (Å²) in [6.07, 6.45) is 4.21. The van der Waals surface area contributed by atoms with Crippen LogP contribution in [0, 0.1) is 11.6 Å². The maximum Gasteiger partial charge on any atom is 0.328 e. The molecule has 1 N–H and O–H groups in total. The first-order valence-electron chi connectivity index (χ1n) is 10.9. The van der Waals surface area contributed by atoms with E-state index in [1.54, 1.807) is 18.2 Å². The molecule has 0 spiro atoms. The summed E-state index contributed by atoms with van der Waals surface area (Å²) in [6.45, 7) is 0.874. The number of halogens is 2. The Morgan fingerprint density at radius 2 is 2.06 bits per heavy atom. The number of methoxy groups -OCH3 is 1. The highest BCUT2D eigenvalue weighted by atomic mass is 19.1. The standard InChI is InChI=1S/C24H22F2N6O2/c1-34-23-18(11-17(26)13-27-23)20-6-3-9-31(20)21-8-7-19-22(30-21)32(14-29-19)24(33)28-12-15-4-2-5-16(25)10-15/h2,4-5,7-8,10-11,13-14,20H,3,6,9,12H2,1H3,(H,28,33). The van der Waals surface area contributed by atoms with Crippen LogP contribution in [0.15, 0.2) is 55.0 Å². The summed E-state index contributed by atoms with van der Waals surface area (Å²) in [5.41, 5.74) is 2.25. The van der Waals surface area contributed by atoms with Gasteiger partial charge >= 0.3 is 6.03 Å². The summed E-state index contributed by atoms with van der Waals surface area (Å²) in [7, 11) is 1.51. The molecule has 0 aliphatic carbocycles. The Balaban J connectivity index is 1.42. The second-order valence-corrected chi connectivity index (χ2v) is 8.02. The van der Waals surface area contributed by atoms with Gasteiger partial charge in [-0.05, 0) is 48.7 Å². The third-order valence-electron chi connectivity index (χ3n) is 5.88. The molecule has 0 bridgehead atoms. The molecular formula is C24H22F2N6O2. The van der Waals surface area contributed by atoms with Crippen molar-refractivity contribution < 1.29 is 18.3 Å². The van der Waals surface area contributed by atoms with Crippen molar-refractivity contribution in [1.82, 2.24) is 24.8 Å². The number of nitrogens with zero attached hydrogens (tertiary/aromatic N) is 5. The highest BCUT2D eigenvalue weighted by Crippen LogP contribution is 2.39. The van der Waals surface area contributed by atoms with Crippen molar-refractivity contribution in [3.8, 4) is 5.88 Å². The SMILES string of the molecule is COc1ncc(F)cc1C1CCCN1c1ccc2ncn(C(=O)NCc3cccc(F)c3)c2n1. The molecule has 3 aromatic heterocycles. The molecule has 4 aromatic rings. The van der Waals surface area contributed by atoms with E-state index in [4.69, 9.17) is 9.72 Å². The van der Waals surface area contributed by atoms with Crippen LogP contribution in [0.1, 0.15) is 30.0 Å². The van der Waals surface area contributed by atoms with Crippen LogP contribution in [0.3, 0.4) is 0 Å². The molecule has 34 heavy (non-hydrogen) atoms. The molecule has 10 heteroatoms. The predicted octanol–water partition coefficient (Wildman–Crippen LogP) is 4.21. The van der Waals surface area contributed by atoms with Crippen LogP contribution >= 0.6 is 0 Å². The third kappa shape index (κ3) is 4.14. The van der Waals surface area contributed by atoms with E-state index in [1.807, 2.05) is 6.07 Å². The van der Waals surface area contributed by atoms with Crippen molar-refractivity contribution in [2.24, 2.45) is 0 Å². The lowest BCUT2D eigenvalue weighted by atomic mass is 10.1. The van der Waals surface area contributed by atoms with Crippen molar-refractivity contribution in [2.75, 3.05) is 18.6 Å². The minimum atomic E-state index is -0.431. The number of nitrogens with one attached hydrogen (secondary N) is 1. The van der Waals surface area contributed by atoms with Crippen LogP contribution in [0.2, 0.25) is 0 Å². The lowest BCUT2D eigenvalue weighted by molar-refractivity contribution is 0.242. The Kier molecular flexibility index (Phi) is 5.79. The van der Waals surface area contributed by atoms with E-state index in [9.17, 15) is 13.6 Å². The maximum absolute atomic E-state index is 14.0. The molecule has 1 amide bonds. The van der Waals surface area contributed by atoms with Gasteiger partial charge in [-0.3, -0.25) is 0 Å². The Bertz CT molecular complexity index is 1360. The van der Waals surface area contributed by atoms with E-state index in [0.29, 0.717) is 40.5 Å². The summed E-state index contributed by atoms with van der Waals surface area (Å²) in [5.74, 6) is 0.220. The van der Waals surface area contributed by atoms with Crippen molar-refractivity contribution in [3.05, 3.63) is 77.8 Å². The van der Waals surface area contributed by atoms with Gasteiger partial charge in [0.25, 0.3) is 0 Å². The molecule has 4 heterocycles. The number of pyridine rings is 2. The molecule has 174 valence electrons. The number of imidazole rings is 1. The van der Waals surface area contributed by atoms with Gasteiger partial charge in [0.1, 0.15) is 29.3 Å². The van der Waals surface area contributed by atoms with Gasteiger partial charge in [-0.15, -0.1) is 0 Å². The Hall–Kier alpha value is -4.08. The number of rotatable bonds is 5. The fourth-order valence-electron chi connectivity index (χ4n) is 4.32. The molecule has 1 aliphatic rings. The first kappa shape index (κ1) is 21.7. The average Bonchev–Trinajstić information content (AvgIpc) is 3.49. The topological polar surface area (TPSA) is 85.2 Å². The first-order chi connectivity index (χ1) is 16.5. The number of ether oxygens (including phenoxy) is 1. The zero-order valence-corrected chi connectivity index (χ0v) is 18.4. The van der Waals surface area contributed by atoms with Gasteiger partial charge in [0.05, 0.1) is 19.3 Å². The molecular weight excluding hydrogens is 442 g/mol. The van der Waals surface area contributed by atoms with Crippen molar-refractivity contribution >= 4 is 23.0 Å². The van der Waals surface area contributed by atoms with Gasteiger partial charge < -0.3 is 15.0 Å². The largest absolute Gasteiger partial charge is 0.481 e. The van der Waals surface area contributed by atoms with Gasteiger partial charge in [0.15, 0.2) is 5.65 Å². The molecule has 1 unspecified atom stereocenters. The van der Waals surface area contributed by atoms with Gasteiger partial charge in [0, 0.05) is 18.7 Å². The van der Waals surface area contributed by atoms with Crippen LogP contribution in [0.4, 0.5) is 19.4 Å². The molecule has 5 rings (SSSR count). The smallest absolute Gasteiger partial charge is 0.328 e. The number of hydrogen-bond donors (Lipinski definition) is 1. The zero-order chi connectivity index (χ0) is 23.7. The van der Waals surface area contributed by atoms with Crippen LogP contribution in [0.25, 0.3) is 11.2 Å². The second kappa shape index (κ2) is 9.05. The van der Waals surface area contributed by atoms with Crippen molar-refractivity contribution in [1.29, 1.82) is 0 Å². The number of aromatic nitrogens is 4. The van der Waals surface area contributed by atoms with Crippen LogP contribution in [-0.4, -0.2) is 39.2 Å². The Morgan fingerprint density at radius 1 is 1.18 bits per heavy atom. The molecule has 1 atom stereocenters. The lowest BCUT2D eigenvalue weighted by Gasteiger charge is -2.27. The number of fused-ring (bicyclic) bond motifs is 1. The summed E-state index contributed by atoms with van der Waals surface area (Å²) >= 11 is 0. The maximum atomic E-state index is 14.0. The fourth-order valence-corrected chi connectivity index (χ4v) is 4.32. The molecule has 1 aromatic carbocycles. The molecule has 1 saturated heterocycles. The molecule has 1 aliphatic heterocycles. The quantitative estimate of drug-likeness (QED) is 0.476. The molecule has 8 nitrogen and oxygen atoms in total. The van der Waals surface area contributed by atoms with Crippen LogP contribution in [-0.2, 0) is 6.54 Å². The van der Waals surface area contributed by atoms with Gasteiger partial charge in [-0.25, -0.2) is 33.1 Å². The summed E-state index contributed by atoms with van der Waals surface area (Å²) in [5, 5.41) is 2.76. The summed E-state index contributed by atoms with van der Waals surface area (Å²) < 4.78 is 34.1. The summed E-state index contributed by atoms with van der Waals surface area (Å²) in [6, 6.07) is 10.5. The van der Waals surface area contributed by atoms with E-state index in [2.05, 4.69) is 20.2 Å². The summed E-state index contributed by atoms with van der Waals surface area (Å²) in [4.78, 5) is 27.9. The average molecular weight is 464 g/mol. The van der Waals surface area contributed by atoms with Crippen molar-refractivity contribution in [2.45, 2.75) is 25.4 Å². The van der Waals surface area contributed by atoms with Crippen LogP contribution in [0.5, 0.6) is 5.88 Å². The second-order valence-electron chi connectivity index (χ2n) is 8.02. The highest BCUT2D eigenvalue weighted by molar-refractivity contribution is 5.87. The highest BCUT2D eigenvalue weighted by Gasteiger charge is 2.31. The number of anilines is 1. The Labute approximate surface area is 194 Å². The number of benzene rings is 1. The van der Waals surface area contributed by atoms with Gasteiger partial charge in [-0.1, -0.05) is 12.1 Å². The zero-order valence-electron chi connectivity index (χ0n) is 18.4. The van der Waals surface area contributed by atoms with E-state index in [1.165, 1.54) is 36.2 Å². The first-order valence-corrected chi connectivity index (χ1v) is 10.9. The predicted molar refractivity (Wildman–Crippen MR) is 122 cm³/mol. The van der Waals surface area contributed by atoms with E-state index in [-0.39, 0.29) is 18.4 Å². The van der Waals surface area contributed by atoms with Crippen molar-refractivity contribution in [3.63, 3.8) is 0 Å². The minimum absolute atomic E-state index is 0.163. The van der Waals surface area contributed by atoms with Crippen LogP contribution < -0.4 is 15.0 Å². The minimum Gasteiger partial charge on any atom is -0.481 e. The third-order valence-corrected chi connectivity index (χ3v) is 5.88. The molecule has 0 radical (unpaired) electrons. The van der Waals surface area contributed by atoms with E-state index < -0.39 is 11.8 Å². The van der Waals surface area contributed by atoms with Gasteiger partial charge in [0.2, 0.25) is 5.88 Å². The number of carbonyl (C=O) groups excluding carboxylic acids is 1. The van der Waals surface area contributed by atoms with Gasteiger partial charge in [-0.2, -0.15) is 0 Å². The molecule has 1 fully saturated rings. The normalized spacial score (nSPS) is 15.6.